The molecule has 1 aliphatic heterocycles. The second-order valence-electron chi connectivity index (χ2n) is 13.7. The maximum atomic E-state index is 6.83. The summed E-state index contributed by atoms with van der Waals surface area (Å²) in [5, 5.41) is 0. The monoisotopic (exact) mass is 568 g/mol. The Morgan fingerprint density at radius 1 is 0.432 bits per heavy atom. The van der Waals surface area contributed by atoms with Gasteiger partial charge in [0.05, 0.1) is 0 Å². The van der Waals surface area contributed by atoms with E-state index in [0.29, 0.717) is 0 Å². The fourth-order valence-electron chi connectivity index (χ4n) is 7.43. The maximum Gasteiger partial charge on any atom is 0.139 e. The van der Waals surface area contributed by atoms with E-state index in [1.54, 1.807) is 0 Å². The highest BCUT2D eigenvalue weighted by Crippen LogP contribution is 2.54. The molecule has 0 fully saturated rings. The summed E-state index contributed by atoms with van der Waals surface area (Å²) >= 11 is 0. The Labute approximate surface area is 260 Å². The van der Waals surface area contributed by atoms with Crippen molar-refractivity contribution in [3.63, 3.8) is 0 Å². The minimum Gasteiger partial charge on any atom is -0.456 e. The van der Waals surface area contributed by atoms with Gasteiger partial charge in [-0.05, 0) is 79.2 Å². The molecule has 44 heavy (non-hydrogen) atoms. The van der Waals surface area contributed by atoms with Gasteiger partial charge in [0.15, 0.2) is 0 Å². The number of hydrogen-bond acceptors (Lipinski definition) is 1. The summed E-state index contributed by atoms with van der Waals surface area (Å²) in [7, 11) is 0. The van der Waals surface area contributed by atoms with Gasteiger partial charge < -0.3 is 4.74 Å². The lowest BCUT2D eigenvalue weighted by atomic mass is 9.72. The van der Waals surface area contributed by atoms with E-state index in [9.17, 15) is 0 Å². The predicted molar refractivity (Wildman–Crippen MR) is 185 cm³/mol. The number of benzene rings is 6. The first-order chi connectivity index (χ1) is 21.2. The van der Waals surface area contributed by atoms with Crippen molar-refractivity contribution in [3.8, 4) is 67.1 Å². The Hall–Kier alpha value is -4.88. The molecule has 0 amide bonds. The second kappa shape index (κ2) is 9.56. The average Bonchev–Trinajstić information content (AvgIpc) is 3.03. The summed E-state index contributed by atoms with van der Waals surface area (Å²) in [6.45, 7) is 11.6. The van der Waals surface area contributed by atoms with Crippen LogP contribution in [0.5, 0.6) is 11.5 Å². The molecular formula is C43H36O. The summed E-state index contributed by atoms with van der Waals surface area (Å²) in [6.07, 6.45) is 0. The average molecular weight is 569 g/mol. The SMILES string of the molecule is CC(C)(C)c1cc2c(cc1-c1cccc3c1Oc1ccccc1C3(C)C)-c1ccccc1-c1ccccc1-c1ccccc1-2. The molecule has 6 aromatic carbocycles. The Morgan fingerprint density at radius 2 is 0.864 bits per heavy atom. The first-order valence-corrected chi connectivity index (χ1v) is 15.6. The van der Waals surface area contributed by atoms with Crippen LogP contribution in [0.3, 0.4) is 0 Å². The van der Waals surface area contributed by atoms with Gasteiger partial charge in [-0.3, -0.25) is 0 Å². The molecule has 1 heterocycles. The van der Waals surface area contributed by atoms with Crippen molar-refractivity contribution in [1.82, 2.24) is 0 Å². The van der Waals surface area contributed by atoms with Gasteiger partial charge in [-0.25, -0.2) is 0 Å². The molecule has 0 N–H and O–H groups in total. The van der Waals surface area contributed by atoms with E-state index in [1.807, 2.05) is 0 Å². The second-order valence-corrected chi connectivity index (χ2v) is 13.7. The Bertz CT molecular complexity index is 2100. The molecule has 0 saturated carbocycles. The van der Waals surface area contributed by atoms with E-state index in [2.05, 4.69) is 162 Å². The van der Waals surface area contributed by atoms with Crippen molar-refractivity contribution >= 4 is 0 Å². The lowest BCUT2D eigenvalue weighted by molar-refractivity contribution is 0.419. The Morgan fingerprint density at radius 3 is 1.41 bits per heavy atom. The minimum atomic E-state index is -0.180. The van der Waals surface area contributed by atoms with Crippen LogP contribution in [0.4, 0.5) is 0 Å². The molecule has 0 spiro atoms. The summed E-state index contributed by atoms with van der Waals surface area (Å²) < 4.78 is 6.83. The molecule has 0 unspecified atom stereocenters. The first kappa shape index (κ1) is 26.7. The standard InChI is InChI=1S/C43H36O/c1-42(2,3)39-26-35-32-20-11-9-18-30(32)28-16-7-6-15-27(28)29-17-8-10-19-31(29)34(35)25-36(39)33-21-14-23-38-41(33)44-40-24-13-12-22-37(40)43(38,4)5/h6-26H,1-5H3. The molecule has 2 aliphatic rings. The van der Waals surface area contributed by atoms with Crippen LogP contribution in [0.2, 0.25) is 0 Å². The fraction of sp³-hybridized carbons (Fsp3) is 0.163. The smallest absolute Gasteiger partial charge is 0.139 e. The van der Waals surface area contributed by atoms with Crippen molar-refractivity contribution in [3.05, 3.63) is 144 Å². The van der Waals surface area contributed by atoms with E-state index in [0.717, 1.165) is 17.1 Å². The molecule has 8 rings (SSSR count). The molecule has 1 aliphatic carbocycles. The van der Waals surface area contributed by atoms with E-state index >= 15 is 0 Å². The zero-order chi connectivity index (χ0) is 30.2. The molecule has 0 bridgehead atoms. The quantitative estimate of drug-likeness (QED) is 0.191. The van der Waals surface area contributed by atoms with Gasteiger partial charge in [0.25, 0.3) is 0 Å². The Kier molecular flexibility index (Phi) is 5.81. The normalized spacial score (nSPS) is 13.9. The van der Waals surface area contributed by atoms with Crippen LogP contribution < -0.4 is 4.74 Å². The molecule has 0 atom stereocenters. The summed E-state index contributed by atoms with van der Waals surface area (Å²) in [5.74, 6) is 1.91. The number of fused-ring (bicyclic) bond motifs is 10. The summed E-state index contributed by atoms with van der Waals surface area (Å²) in [6, 6.07) is 46.7. The third kappa shape index (κ3) is 3.92. The van der Waals surface area contributed by atoms with Gasteiger partial charge in [-0.1, -0.05) is 144 Å². The van der Waals surface area contributed by atoms with Crippen molar-refractivity contribution in [2.45, 2.75) is 45.4 Å². The van der Waals surface area contributed by atoms with Gasteiger partial charge >= 0.3 is 0 Å². The van der Waals surface area contributed by atoms with Gasteiger partial charge in [0, 0.05) is 22.1 Å². The van der Waals surface area contributed by atoms with Crippen molar-refractivity contribution in [1.29, 1.82) is 0 Å². The number of hydrogen-bond donors (Lipinski definition) is 0. The van der Waals surface area contributed by atoms with Crippen LogP contribution in [0.25, 0.3) is 55.6 Å². The highest BCUT2D eigenvalue weighted by molar-refractivity contribution is 6.04. The number of ether oxygens (including phenoxy) is 1. The van der Waals surface area contributed by atoms with Crippen LogP contribution >= 0.6 is 0 Å². The van der Waals surface area contributed by atoms with E-state index in [1.165, 1.54) is 66.8 Å². The van der Waals surface area contributed by atoms with Crippen LogP contribution in [0, 0.1) is 0 Å². The molecule has 1 nitrogen and oxygen atoms in total. The third-order valence-corrected chi connectivity index (χ3v) is 9.66. The van der Waals surface area contributed by atoms with Crippen molar-refractivity contribution in [2.75, 3.05) is 0 Å². The maximum absolute atomic E-state index is 6.83. The van der Waals surface area contributed by atoms with Crippen LogP contribution in [0.15, 0.2) is 127 Å². The van der Waals surface area contributed by atoms with E-state index in [-0.39, 0.29) is 10.8 Å². The van der Waals surface area contributed by atoms with E-state index in [4.69, 9.17) is 4.74 Å². The van der Waals surface area contributed by atoms with Crippen LogP contribution in [-0.2, 0) is 10.8 Å². The summed E-state index contributed by atoms with van der Waals surface area (Å²) in [4.78, 5) is 0. The topological polar surface area (TPSA) is 9.23 Å². The number of rotatable bonds is 1. The highest BCUT2D eigenvalue weighted by atomic mass is 16.5. The van der Waals surface area contributed by atoms with Gasteiger partial charge in [0.1, 0.15) is 11.5 Å². The molecule has 1 heteroatoms. The van der Waals surface area contributed by atoms with Gasteiger partial charge in [0.2, 0.25) is 0 Å². The third-order valence-electron chi connectivity index (χ3n) is 9.66. The fourth-order valence-corrected chi connectivity index (χ4v) is 7.43. The van der Waals surface area contributed by atoms with Crippen molar-refractivity contribution < 1.29 is 4.74 Å². The lowest BCUT2D eigenvalue weighted by Gasteiger charge is -2.36. The summed E-state index contributed by atoms with van der Waals surface area (Å²) in [5.41, 5.74) is 15.9. The molecular weight excluding hydrogens is 532 g/mol. The van der Waals surface area contributed by atoms with E-state index < -0.39 is 0 Å². The van der Waals surface area contributed by atoms with Gasteiger partial charge in [-0.2, -0.15) is 0 Å². The zero-order valence-electron chi connectivity index (χ0n) is 26.0. The van der Waals surface area contributed by atoms with Crippen molar-refractivity contribution in [2.24, 2.45) is 0 Å². The highest BCUT2D eigenvalue weighted by Gasteiger charge is 2.36. The molecule has 6 aromatic rings. The molecule has 214 valence electrons. The predicted octanol–water partition coefficient (Wildman–Crippen LogP) is 12.1. The van der Waals surface area contributed by atoms with Gasteiger partial charge in [-0.15, -0.1) is 0 Å². The zero-order valence-corrected chi connectivity index (χ0v) is 26.0. The minimum absolute atomic E-state index is 0.107. The van der Waals surface area contributed by atoms with Crippen LogP contribution in [0.1, 0.15) is 51.3 Å². The largest absolute Gasteiger partial charge is 0.456 e. The number of para-hydroxylation sites is 2. The van der Waals surface area contributed by atoms with Crippen LogP contribution in [-0.4, -0.2) is 0 Å². The molecule has 0 aromatic heterocycles. The first-order valence-electron chi connectivity index (χ1n) is 15.6. The molecule has 0 radical (unpaired) electrons. The lowest BCUT2D eigenvalue weighted by Crippen LogP contribution is -2.24. The molecule has 0 saturated heterocycles. The Balaban J connectivity index is 1.48.